The minimum absolute atomic E-state index is 0.244. The standard InChI is InChI=1S/C25H19NO/c1-16-7-12-23(26-15-16)19-9-8-17(2)22(13-19)18-10-11-21-20-5-3-4-6-24(20)27-25(21)14-18/h3-15H,1-2H3/i1D3. The van der Waals surface area contributed by atoms with Gasteiger partial charge in [0.1, 0.15) is 11.2 Å². The predicted octanol–water partition coefficient (Wildman–Crippen LogP) is 6.93. The first kappa shape index (κ1) is 12.9. The molecule has 5 aromatic rings. The number of aryl methyl sites for hydroxylation is 2. The summed E-state index contributed by atoms with van der Waals surface area (Å²) in [5.41, 5.74) is 6.98. The summed E-state index contributed by atoms with van der Waals surface area (Å²) in [4.78, 5) is 4.38. The number of aromatic nitrogens is 1. The Hall–Kier alpha value is -3.39. The van der Waals surface area contributed by atoms with Gasteiger partial charge in [0.25, 0.3) is 0 Å². The van der Waals surface area contributed by atoms with Crippen molar-refractivity contribution in [1.29, 1.82) is 0 Å². The molecule has 0 saturated heterocycles. The molecule has 2 aromatic heterocycles. The van der Waals surface area contributed by atoms with Crippen molar-refractivity contribution in [2.24, 2.45) is 0 Å². The first-order chi connectivity index (χ1) is 14.4. The lowest BCUT2D eigenvalue weighted by Crippen LogP contribution is -1.88. The summed E-state index contributed by atoms with van der Waals surface area (Å²) in [5.74, 6) is 0. The minimum atomic E-state index is -2.15. The molecule has 0 aliphatic carbocycles. The lowest BCUT2D eigenvalue weighted by atomic mass is 9.96. The Morgan fingerprint density at radius 3 is 2.52 bits per heavy atom. The molecule has 0 aliphatic rings. The Labute approximate surface area is 162 Å². The predicted molar refractivity (Wildman–Crippen MR) is 112 cm³/mol. The second kappa shape index (κ2) is 6.10. The second-order valence-corrected chi connectivity index (χ2v) is 6.77. The Kier molecular flexibility index (Phi) is 2.91. The van der Waals surface area contributed by atoms with Crippen molar-refractivity contribution >= 4 is 21.9 Å². The van der Waals surface area contributed by atoms with Crippen LogP contribution < -0.4 is 0 Å². The highest BCUT2D eigenvalue weighted by molar-refractivity contribution is 6.05. The van der Waals surface area contributed by atoms with Gasteiger partial charge in [0.15, 0.2) is 0 Å². The van der Waals surface area contributed by atoms with Gasteiger partial charge in [-0.15, -0.1) is 0 Å². The van der Waals surface area contributed by atoms with E-state index in [1.807, 2.05) is 24.3 Å². The Bertz CT molecular complexity index is 1380. The summed E-state index contributed by atoms with van der Waals surface area (Å²) in [5, 5.41) is 2.22. The third-order valence-corrected chi connectivity index (χ3v) is 4.99. The second-order valence-electron chi connectivity index (χ2n) is 6.77. The Morgan fingerprint density at radius 1 is 0.815 bits per heavy atom. The van der Waals surface area contributed by atoms with Crippen molar-refractivity contribution in [2.45, 2.75) is 13.8 Å². The molecular weight excluding hydrogens is 330 g/mol. The maximum absolute atomic E-state index is 7.51. The fourth-order valence-corrected chi connectivity index (χ4v) is 3.55. The molecule has 0 N–H and O–H groups in total. The highest BCUT2D eigenvalue weighted by atomic mass is 16.3. The van der Waals surface area contributed by atoms with Crippen molar-refractivity contribution in [3.05, 3.63) is 90.1 Å². The molecule has 0 unspecified atom stereocenters. The number of fused-ring (bicyclic) bond motifs is 3. The summed E-state index contributed by atoms with van der Waals surface area (Å²) < 4.78 is 28.6. The van der Waals surface area contributed by atoms with Crippen LogP contribution in [0, 0.1) is 13.8 Å². The van der Waals surface area contributed by atoms with Gasteiger partial charge >= 0.3 is 0 Å². The van der Waals surface area contributed by atoms with E-state index in [9.17, 15) is 0 Å². The molecule has 0 atom stereocenters. The van der Waals surface area contributed by atoms with Crippen LogP contribution in [0.4, 0.5) is 0 Å². The molecule has 0 saturated carbocycles. The minimum Gasteiger partial charge on any atom is -0.456 e. The van der Waals surface area contributed by atoms with Gasteiger partial charge in [-0.2, -0.15) is 0 Å². The van der Waals surface area contributed by atoms with Crippen LogP contribution in [0.15, 0.2) is 83.4 Å². The molecule has 0 radical (unpaired) electrons. The molecule has 0 bridgehead atoms. The molecule has 27 heavy (non-hydrogen) atoms. The number of para-hydroxylation sites is 1. The van der Waals surface area contributed by atoms with Crippen LogP contribution in [0.2, 0.25) is 0 Å². The molecule has 0 spiro atoms. The highest BCUT2D eigenvalue weighted by Crippen LogP contribution is 2.34. The average molecular weight is 352 g/mol. The quantitative estimate of drug-likeness (QED) is 0.344. The zero-order valence-corrected chi connectivity index (χ0v) is 14.9. The molecule has 0 amide bonds. The molecule has 2 nitrogen and oxygen atoms in total. The highest BCUT2D eigenvalue weighted by Gasteiger charge is 2.10. The molecule has 2 heterocycles. The molecule has 0 fully saturated rings. The topological polar surface area (TPSA) is 26.0 Å². The number of hydrogen-bond donors (Lipinski definition) is 0. The van der Waals surface area contributed by atoms with E-state index in [-0.39, 0.29) is 5.56 Å². The van der Waals surface area contributed by atoms with Crippen molar-refractivity contribution in [1.82, 2.24) is 4.98 Å². The van der Waals surface area contributed by atoms with E-state index in [2.05, 4.69) is 48.3 Å². The number of nitrogens with zero attached hydrogens (tertiary/aromatic N) is 1. The lowest BCUT2D eigenvalue weighted by molar-refractivity contribution is 0.669. The number of hydrogen-bond acceptors (Lipinski definition) is 2. The first-order valence-electron chi connectivity index (χ1n) is 10.4. The normalized spacial score (nSPS) is 13.4. The number of pyridine rings is 1. The molecule has 130 valence electrons. The zero-order chi connectivity index (χ0) is 20.9. The smallest absolute Gasteiger partial charge is 0.136 e. The van der Waals surface area contributed by atoms with E-state index >= 15 is 0 Å². The monoisotopic (exact) mass is 352 g/mol. The summed E-state index contributed by atoms with van der Waals surface area (Å²) in [7, 11) is 0. The summed E-state index contributed by atoms with van der Waals surface area (Å²) in [6, 6.07) is 23.9. The molecule has 5 rings (SSSR count). The maximum Gasteiger partial charge on any atom is 0.136 e. The van der Waals surface area contributed by atoms with Gasteiger partial charge in [-0.3, -0.25) is 4.98 Å². The van der Waals surface area contributed by atoms with Gasteiger partial charge in [0.05, 0.1) is 5.69 Å². The fourth-order valence-electron chi connectivity index (χ4n) is 3.55. The first-order valence-corrected chi connectivity index (χ1v) is 8.89. The molecule has 2 heteroatoms. The number of benzene rings is 3. The van der Waals surface area contributed by atoms with Crippen LogP contribution in [-0.2, 0) is 0 Å². The SMILES string of the molecule is [2H]C([2H])([2H])c1ccc(-c2ccc(C)c(-c3ccc4c(c3)oc3ccccc34)c2)nc1. The van der Waals surface area contributed by atoms with Gasteiger partial charge in [-0.25, -0.2) is 0 Å². The summed E-state index contributed by atoms with van der Waals surface area (Å²) in [6.45, 7) is -0.0704. The van der Waals surface area contributed by atoms with Gasteiger partial charge in [0.2, 0.25) is 0 Å². The average Bonchev–Trinajstić information content (AvgIpc) is 3.11. The van der Waals surface area contributed by atoms with E-state index in [1.54, 1.807) is 12.1 Å². The fraction of sp³-hybridized carbons (Fsp3) is 0.0800. The van der Waals surface area contributed by atoms with Gasteiger partial charge < -0.3 is 4.42 Å². The number of furan rings is 1. The van der Waals surface area contributed by atoms with E-state index in [4.69, 9.17) is 8.53 Å². The summed E-state index contributed by atoms with van der Waals surface area (Å²) in [6.07, 6.45) is 1.43. The van der Waals surface area contributed by atoms with E-state index < -0.39 is 6.85 Å². The van der Waals surface area contributed by atoms with E-state index in [0.29, 0.717) is 0 Å². The van der Waals surface area contributed by atoms with E-state index in [0.717, 1.165) is 49.9 Å². The van der Waals surface area contributed by atoms with Gasteiger partial charge in [0, 0.05) is 26.6 Å². The van der Waals surface area contributed by atoms with Gasteiger partial charge in [-0.1, -0.05) is 42.5 Å². The third-order valence-electron chi connectivity index (χ3n) is 4.99. The van der Waals surface area contributed by atoms with Crippen molar-refractivity contribution in [3.63, 3.8) is 0 Å². The third kappa shape index (κ3) is 2.70. The van der Waals surface area contributed by atoms with Crippen LogP contribution in [0.1, 0.15) is 15.2 Å². The van der Waals surface area contributed by atoms with Crippen molar-refractivity contribution in [3.8, 4) is 22.4 Å². The van der Waals surface area contributed by atoms with Crippen LogP contribution in [0.25, 0.3) is 44.3 Å². The largest absolute Gasteiger partial charge is 0.456 e. The molecule has 0 aliphatic heterocycles. The Morgan fingerprint density at radius 2 is 1.67 bits per heavy atom. The van der Waals surface area contributed by atoms with Crippen molar-refractivity contribution in [2.75, 3.05) is 0 Å². The molecule has 3 aromatic carbocycles. The summed E-state index contributed by atoms with van der Waals surface area (Å²) >= 11 is 0. The number of rotatable bonds is 2. The van der Waals surface area contributed by atoms with E-state index in [1.165, 1.54) is 6.20 Å². The zero-order valence-electron chi connectivity index (χ0n) is 17.9. The van der Waals surface area contributed by atoms with Crippen LogP contribution >= 0.6 is 0 Å². The maximum atomic E-state index is 7.51. The molecular formula is C25H19NO. The van der Waals surface area contributed by atoms with Crippen LogP contribution in [-0.4, -0.2) is 4.98 Å². The van der Waals surface area contributed by atoms with Crippen LogP contribution in [0.3, 0.4) is 0 Å². The van der Waals surface area contributed by atoms with Gasteiger partial charge in [-0.05, 0) is 66.4 Å². The van der Waals surface area contributed by atoms with Crippen molar-refractivity contribution < 1.29 is 8.53 Å². The van der Waals surface area contributed by atoms with Crippen LogP contribution in [0.5, 0.6) is 0 Å². The lowest BCUT2D eigenvalue weighted by Gasteiger charge is -2.09. The Balaban J connectivity index is 1.59.